The highest BCUT2D eigenvalue weighted by Gasteiger charge is 2.39. The van der Waals surface area contributed by atoms with Gasteiger partial charge in [0.2, 0.25) is 0 Å². The highest BCUT2D eigenvalue weighted by atomic mass is 79.9. The maximum Gasteiger partial charge on any atom is 0.0629 e. The minimum Gasteiger partial charge on any atom is -0.383 e. The molecular formula is C14H17Br2N. The van der Waals surface area contributed by atoms with E-state index < -0.39 is 0 Å². The fourth-order valence-electron chi connectivity index (χ4n) is 3.53. The average Bonchev–Trinajstić information content (AvgIpc) is 2.90. The number of para-hydroxylation sites is 1. The van der Waals surface area contributed by atoms with E-state index in [1.807, 2.05) is 0 Å². The summed E-state index contributed by atoms with van der Waals surface area (Å²) >= 11 is 7.21. The molecular weight excluding hydrogens is 342 g/mol. The van der Waals surface area contributed by atoms with Crippen molar-refractivity contribution in [2.45, 2.75) is 25.7 Å². The van der Waals surface area contributed by atoms with Crippen molar-refractivity contribution in [1.82, 2.24) is 0 Å². The fraction of sp³-hybridized carbons (Fsp3) is 0.571. The minimum absolute atomic E-state index is 0.896. The monoisotopic (exact) mass is 357 g/mol. The van der Waals surface area contributed by atoms with Crippen LogP contribution in [0.5, 0.6) is 0 Å². The maximum atomic E-state index is 3.61. The molecule has 2 aliphatic rings. The van der Waals surface area contributed by atoms with E-state index in [1.165, 1.54) is 31.4 Å². The van der Waals surface area contributed by atoms with Crippen molar-refractivity contribution >= 4 is 37.5 Å². The topological polar surface area (TPSA) is 12.0 Å². The molecule has 0 radical (unpaired) electrons. The van der Waals surface area contributed by atoms with E-state index in [0.717, 1.165) is 33.2 Å². The maximum absolute atomic E-state index is 3.61. The fourth-order valence-corrected chi connectivity index (χ4v) is 4.81. The van der Waals surface area contributed by atoms with Gasteiger partial charge in [0, 0.05) is 15.5 Å². The van der Waals surface area contributed by atoms with Gasteiger partial charge in [-0.25, -0.2) is 0 Å². The van der Waals surface area contributed by atoms with Gasteiger partial charge in [-0.2, -0.15) is 0 Å². The van der Waals surface area contributed by atoms with Crippen molar-refractivity contribution in [1.29, 1.82) is 0 Å². The van der Waals surface area contributed by atoms with Crippen LogP contribution in [0.1, 0.15) is 25.7 Å². The van der Waals surface area contributed by atoms with Crippen LogP contribution in [0.25, 0.3) is 0 Å². The molecule has 1 nitrogen and oxygen atoms in total. The largest absolute Gasteiger partial charge is 0.383 e. The Labute approximate surface area is 120 Å². The molecule has 0 aromatic heterocycles. The second-order valence-electron chi connectivity index (χ2n) is 5.41. The molecule has 1 N–H and O–H groups in total. The second-order valence-corrected chi connectivity index (χ2v) is 7.12. The smallest absolute Gasteiger partial charge is 0.0629 e. The van der Waals surface area contributed by atoms with Crippen molar-refractivity contribution in [3.05, 3.63) is 27.1 Å². The van der Waals surface area contributed by atoms with Crippen LogP contribution < -0.4 is 5.32 Å². The van der Waals surface area contributed by atoms with E-state index in [4.69, 9.17) is 0 Å². The van der Waals surface area contributed by atoms with Crippen LogP contribution in [0.2, 0.25) is 0 Å². The summed E-state index contributed by atoms with van der Waals surface area (Å²) in [5, 5.41) is 3.61. The molecule has 17 heavy (non-hydrogen) atoms. The Bertz CT molecular complexity index is 398. The van der Waals surface area contributed by atoms with Gasteiger partial charge in [0.05, 0.1) is 5.69 Å². The van der Waals surface area contributed by atoms with Gasteiger partial charge in [0.25, 0.3) is 0 Å². The second kappa shape index (κ2) is 4.93. The predicted molar refractivity (Wildman–Crippen MR) is 79.3 cm³/mol. The first kappa shape index (κ1) is 12.0. The van der Waals surface area contributed by atoms with E-state index in [9.17, 15) is 0 Å². The number of rotatable bonds is 3. The lowest BCUT2D eigenvalue weighted by Gasteiger charge is -2.23. The summed E-state index contributed by atoms with van der Waals surface area (Å²) in [6.45, 7) is 1.13. The third-order valence-corrected chi connectivity index (χ3v) is 5.71. The molecule has 0 saturated heterocycles. The molecule has 3 unspecified atom stereocenters. The average molecular weight is 359 g/mol. The molecule has 3 rings (SSSR count). The van der Waals surface area contributed by atoms with E-state index in [0.29, 0.717) is 0 Å². The highest BCUT2D eigenvalue weighted by Crippen LogP contribution is 2.48. The zero-order chi connectivity index (χ0) is 11.8. The molecule has 2 aliphatic carbocycles. The van der Waals surface area contributed by atoms with Crippen LogP contribution in [0.3, 0.4) is 0 Å². The van der Waals surface area contributed by atoms with Gasteiger partial charge in [0.1, 0.15) is 0 Å². The van der Waals surface area contributed by atoms with Crippen LogP contribution in [-0.4, -0.2) is 6.54 Å². The van der Waals surface area contributed by atoms with E-state index in [-0.39, 0.29) is 0 Å². The molecule has 3 atom stereocenters. The standard InChI is InChI=1S/C14H17Br2N/c15-12-2-1-3-13(16)14(12)17-8-11-7-9-4-5-10(11)6-9/h1-3,9-11,17H,4-8H2. The Hall–Kier alpha value is -0.0200. The van der Waals surface area contributed by atoms with Gasteiger partial charge in [-0.3, -0.25) is 0 Å². The van der Waals surface area contributed by atoms with Crippen molar-refractivity contribution in [2.24, 2.45) is 17.8 Å². The van der Waals surface area contributed by atoms with E-state index in [1.54, 1.807) is 0 Å². The number of anilines is 1. The number of hydrogen-bond donors (Lipinski definition) is 1. The summed E-state index contributed by atoms with van der Waals surface area (Å²) < 4.78 is 2.30. The predicted octanol–water partition coefficient (Wildman–Crippen LogP) is 5.06. The SMILES string of the molecule is Brc1cccc(Br)c1NCC1CC2CCC1C2. The molecule has 2 saturated carbocycles. The molecule has 92 valence electrons. The number of halogens is 2. The first-order chi connectivity index (χ1) is 8.24. The number of fused-ring (bicyclic) bond motifs is 2. The summed E-state index contributed by atoms with van der Waals surface area (Å²) in [6, 6.07) is 6.23. The molecule has 2 bridgehead atoms. The Balaban J connectivity index is 1.64. The summed E-state index contributed by atoms with van der Waals surface area (Å²) in [7, 11) is 0. The lowest BCUT2D eigenvalue weighted by molar-refractivity contribution is 0.348. The third-order valence-electron chi connectivity index (χ3n) is 4.39. The van der Waals surface area contributed by atoms with Gasteiger partial charge in [-0.05, 0) is 81.0 Å². The van der Waals surface area contributed by atoms with Crippen molar-refractivity contribution in [2.75, 3.05) is 11.9 Å². The van der Waals surface area contributed by atoms with Gasteiger partial charge in [-0.15, -0.1) is 0 Å². The molecule has 0 aliphatic heterocycles. The summed E-state index contributed by atoms with van der Waals surface area (Å²) in [6.07, 6.45) is 5.89. The number of benzene rings is 1. The van der Waals surface area contributed by atoms with Gasteiger partial charge >= 0.3 is 0 Å². The first-order valence-electron chi connectivity index (χ1n) is 6.42. The molecule has 0 spiro atoms. The zero-order valence-electron chi connectivity index (χ0n) is 9.76. The molecule has 1 aromatic rings. The summed E-state index contributed by atoms with van der Waals surface area (Å²) in [5.41, 5.74) is 1.20. The van der Waals surface area contributed by atoms with Gasteiger partial charge < -0.3 is 5.32 Å². The molecule has 0 amide bonds. The van der Waals surface area contributed by atoms with Crippen LogP contribution in [-0.2, 0) is 0 Å². The van der Waals surface area contributed by atoms with Gasteiger partial charge in [-0.1, -0.05) is 12.5 Å². The van der Waals surface area contributed by atoms with Crippen LogP contribution in [0, 0.1) is 17.8 Å². The van der Waals surface area contributed by atoms with Crippen molar-refractivity contribution < 1.29 is 0 Å². The highest BCUT2D eigenvalue weighted by molar-refractivity contribution is 9.11. The summed E-state index contributed by atoms with van der Waals surface area (Å²) in [5.74, 6) is 2.93. The lowest BCUT2D eigenvalue weighted by atomic mass is 9.89. The van der Waals surface area contributed by atoms with Crippen LogP contribution >= 0.6 is 31.9 Å². The van der Waals surface area contributed by atoms with E-state index in [2.05, 4.69) is 55.4 Å². The number of nitrogens with one attached hydrogen (secondary N) is 1. The molecule has 2 fully saturated rings. The molecule has 3 heteroatoms. The Morgan fingerprint density at radius 1 is 1.12 bits per heavy atom. The van der Waals surface area contributed by atoms with Crippen molar-refractivity contribution in [3.8, 4) is 0 Å². The van der Waals surface area contributed by atoms with Gasteiger partial charge in [0.15, 0.2) is 0 Å². The Morgan fingerprint density at radius 3 is 2.47 bits per heavy atom. The normalized spacial score (nSPS) is 30.8. The van der Waals surface area contributed by atoms with Crippen LogP contribution in [0.4, 0.5) is 5.69 Å². The third kappa shape index (κ3) is 2.41. The van der Waals surface area contributed by atoms with E-state index >= 15 is 0 Å². The molecule has 0 heterocycles. The molecule has 1 aromatic carbocycles. The Morgan fingerprint density at radius 2 is 1.88 bits per heavy atom. The quantitative estimate of drug-likeness (QED) is 0.796. The first-order valence-corrected chi connectivity index (χ1v) is 8.00. The minimum atomic E-state index is 0.896. The van der Waals surface area contributed by atoms with Crippen LogP contribution in [0.15, 0.2) is 27.1 Å². The summed E-state index contributed by atoms with van der Waals surface area (Å²) in [4.78, 5) is 0. The Kier molecular flexibility index (Phi) is 3.49. The zero-order valence-corrected chi connectivity index (χ0v) is 12.9. The van der Waals surface area contributed by atoms with Crippen molar-refractivity contribution in [3.63, 3.8) is 0 Å². The lowest BCUT2D eigenvalue weighted by Crippen LogP contribution is -2.20. The number of hydrogen-bond acceptors (Lipinski definition) is 1.